The van der Waals surface area contributed by atoms with Crippen molar-refractivity contribution in [2.45, 2.75) is 61.8 Å². The molecule has 1 saturated heterocycles. The zero-order valence-electron chi connectivity index (χ0n) is 13.5. The number of hydrogen-bond donors (Lipinski definition) is 2. The zero-order chi connectivity index (χ0) is 15.4. The van der Waals surface area contributed by atoms with Crippen molar-refractivity contribution >= 4 is 23.5 Å². The molecule has 21 heavy (non-hydrogen) atoms. The maximum absolute atomic E-state index is 5.84. The Morgan fingerprint density at radius 3 is 2.38 bits per heavy atom. The molecule has 118 valence electrons. The molecule has 0 radical (unpaired) electrons. The lowest BCUT2D eigenvalue weighted by molar-refractivity contribution is 0.521. The van der Waals surface area contributed by atoms with Gasteiger partial charge in [-0.25, -0.2) is 0 Å². The first kappa shape index (κ1) is 17.2. The van der Waals surface area contributed by atoms with Crippen LogP contribution in [0.1, 0.15) is 44.7 Å². The SMILES string of the molecule is CC(C)c1ccc(CC(NN)C2CSC(C)C(C)S2)cc1. The van der Waals surface area contributed by atoms with E-state index in [-0.39, 0.29) is 0 Å². The van der Waals surface area contributed by atoms with Crippen LogP contribution in [0.4, 0.5) is 0 Å². The summed E-state index contributed by atoms with van der Waals surface area (Å²) in [5, 5.41) is 2.04. The Hall–Kier alpha value is -0.160. The number of nitrogens with one attached hydrogen (secondary N) is 1. The molecular weight excluding hydrogens is 296 g/mol. The van der Waals surface area contributed by atoms with Gasteiger partial charge in [0.05, 0.1) is 0 Å². The molecule has 0 aliphatic carbocycles. The van der Waals surface area contributed by atoms with Crippen molar-refractivity contribution in [3.63, 3.8) is 0 Å². The molecule has 0 bridgehead atoms. The Morgan fingerprint density at radius 2 is 1.86 bits per heavy atom. The number of benzene rings is 1. The minimum absolute atomic E-state index is 0.349. The van der Waals surface area contributed by atoms with E-state index in [9.17, 15) is 0 Å². The largest absolute Gasteiger partial charge is 0.271 e. The minimum atomic E-state index is 0.349. The van der Waals surface area contributed by atoms with E-state index in [1.807, 2.05) is 0 Å². The van der Waals surface area contributed by atoms with Gasteiger partial charge in [0.2, 0.25) is 0 Å². The van der Waals surface area contributed by atoms with E-state index in [1.165, 1.54) is 16.9 Å². The summed E-state index contributed by atoms with van der Waals surface area (Å²) in [6.45, 7) is 9.13. The summed E-state index contributed by atoms with van der Waals surface area (Å²) in [5.41, 5.74) is 5.84. The second-order valence-electron chi connectivity index (χ2n) is 6.29. The van der Waals surface area contributed by atoms with E-state index in [4.69, 9.17) is 5.84 Å². The van der Waals surface area contributed by atoms with Crippen molar-refractivity contribution in [3.8, 4) is 0 Å². The van der Waals surface area contributed by atoms with E-state index in [0.717, 1.165) is 11.7 Å². The van der Waals surface area contributed by atoms with Crippen molar-refractivity contribution in [2.75, 3.05) is 5.75 Å². The standard InChI is InChI=1S/C17H28N2S2/c1-11(2)15-7-5-14(6-8-15)9-16(19-18)17-10-20-12(3)13(4)21-17/h5-8,11-13,16-17,19H,9-10,18H2,1-4H3. The maximum Gasteiger partial charge on any atom is 0.0377 e. The number of rotatable bonds is 5. The molecule has 0 aromatic heterocycles. The summed E-state index contributed by atoms with van der Waals surface area (Å²) in [6, 6.07) is 9.36. The second-order valence-corrected chi connectivity index (χ2v) is 9.32. The van der Waals surface area contributed by atoms with Gasteiger partial charge < -0.3 is 0 Å². The predicted molar refractivity (Wildman–Crippen MR) is 98.1 cm³/mol. The minimum Gasteiger partial charge on any atom is -0.271 e. The fourth-order valence-corrected chi connectivity index (χ4v) is 5.72. The number of nitrogens with two attached hydrogens (primary N) is 1. The van der Waals surface area contributed by atoms with E-state index >= 15 is 0 Å². The van der Waals surface area contributed by atoms with Crippen molar-refractivity contribution < 1.29 is 0 Å². The lowest BCUT2D eigenvalue weighted by Crippen LogP contribution is -2.47. The molecule has 0 saturated carbocycles. The lowest BCUT2D eigenvalue weighted by Gasteiger charge is -2.35. The van der Waals surface area contributed by atoms with Crippen LogP contribution in [0.2, 0.25) is 0 Å². The average Bonchev–Trinajstić information content (AvgIpc) is 2.48. The Balaban J connectivity index is 1.98. The van der Waals surface area contributed by atoms with Crippen LogP contribution in [0, 0.1) is 0 Å². The van der Waals surface area contributed by atoms with Crippen LogP contribution in [0.5, 0.6) is 0 Å². The van der Waals surface area contributed by atoms with Crippen LogP contribution >= 0.6 is 23.5 Å². The van der Waals surface area contributed by atoms with Gasteiger partial charge in [0, 0.05) is 27.5 Å². The molecule has 1 aliphatic heterocycles. The summed E-state index contributed by atoms with van der Waals surface area (Å²) in [5.74, 6) is 7.62. The van der Waals surface area contributed by atoms with Gasteiger partial charge in [0.1, 0.15) is 0 Å². The number of thioether (sulfide) groups is 2. The van der Waals surface area contributed by atoms with Gasteiger partial charge in [-0.2, -0.15) is 23.5 Å². The first-order chi connectivity index (χ1) is 10.0. The molecule has 4 heteroatoms. The van der Waals surface area contributed by atoms with Gasteiger partial charge in [-0.15, -0.1) is 0 Å². The Morgan fingerprint density at radius 1 is 1.19 bits per heavy atom. The van der Waals surface area contributed by atoms with Gasteiger partial charge in [-0.3, -0.25) is 11.3 Å². The molecule has 1 aromatic rings. The van der Waals surface area contributed by atoms with Gasteiger partial charge in [0.25, 0.3) is 0 Å². The van der Waals surface area contributed by atoms with Crippen LogP contribution in [0.15, 0.2) is 24.3 Å². The molecule has 2 nitrogen and oxygen atoms in total. The molecular formula is C17H28N2S2. The smallest absolute Gasteiger partial charge is 0.0377 e. The van der Waals surface area contributed by atoms with E-state index in [2.05, 4.69) is 80.9 Å². The molecule has 0 amide bonds. The molecule has 1 aromatic carbocycles. The van der Waals surface area contributed by atoms with Crippen molar-refractivity contribution in [1.82, 2.24) is 5.43 Å². The van der Waals surface area contributed by atoms with Gasteiger partial charge >= 0.3 is 0 Å². The Kier molecular flexibility index (Phi) is 6.48. The van der Waals surface area contributed by atoms with E-state index in [1.54, 1.807) is 0 Å². The molecule has 0 spiro atoms. The summed E-state index contributed by atoms with van der Waals surface area (Å²) >= 11 is 4.17. The predicted octanol–water partition coefficient (Wildman–Crippen LogP) is 3.81. The first-order valence-corrected chi connectivity index (χ1v) is 9.82. The van der Waals surface area contributed by atoms with Crippen molar-refractivity contribution in [1.29, 1.82) is 0 Å². The highest BCUT2D eigenvalue weighted by atomic mass is 32.2. The molecule has 4 unspecified atom stereocenters. The third kappa shape index (κ3) is 4.65. The molecule has 3 N–H and O–H groups in total. The first-order valence-electron chi connectivity index (χ1n) is 7.83. The molecule has 2 rings (SSSR count). The summed E-state index contributed by atoms with van der Waals surface area (Å²) < 4.78 is 0. The monoisotopic (exact) mass is 324 g/mol. The second kappa shape index (κ2) is 7.91. The van der Waals surface area contributed by atoms with Crippen LogP contribution in [-0.4, -0.2) is 27.5 Å². The van der Waals surface area contributed by atoms with Gasteiger partial charge in [-0.05, 0) is 23.5 Å². The molecule has 1 heterocycles. The highest BCUT2D eigenvalue weighted by Crippen LogP contribution is 2.37. The van der Waals surface area contributed by atoms with Crippen LogP contribution in [0.3, 0.4) is 0 Å². The molecule has 1 aliphatic rings. The third-order valence-electron chi connectivity index (χ3n) is 4.34. The highest BCUT2D eigenvalue weighted by Gasteiger charge is 2.30. The quantitative estimate of drug-likeness (QED) is 0.638. The van der Waals surface area contributed by atoms with Crippen LogP contribution in [0.25, 0.3) is 0 Å². The Labute approximate surface area is 138 Å². The van der Waals surface area contributed by atoms with Crippen LogP contribution in [-0.2, 0) is 6.42 Å². The van der Waals surface area contributed by atoms with Crippen molar-refractivity contribution in [3.05, 3.63) is 35.4 Å². The molecule has 4 atom stereocenters. The topological polar surface area (TPSA) is 38.0 Å². The van der Waals surface area contributed by atoms with Crippen LogP contribution < -0.4 is 11.3 Å². The van der Waals surface area contributed by atoms with Gasteiger partial charge in [0.15, 0.2) is 0 Å². The normalized spacial score (nSPS) is 27.8. The molecule has 1 fully saturated rings. The van der Waals surface area contributed by atoms with E-state index in [0.29, 0.717) is 22.5 Å². The average molecular weight is 325 g/mol. The number of hydrazine groups is 1. The Bertz CT molecular complexity index is 433. The lowest BCUT2D eigenvalue weighted by atomic mass is 9.98. The number of hydrogen-bond acceptors (Lipinski definition) is 4. The maximum atomic E-state index is 5.84. The van der Waals surface area contributed by atoms with Gasteiger partial charge in [-0.1, -0.05) is 52.0 Å². The fraction of sp³-hybridized carbons (Fsp3) is 0.647. The highest BCUT2D eigenvalue weighted by molar-refractivity contribution is 8.07. The summed E-state index contributed by atoms with van der Waals surface area (Å²) in [4.78, 5) is 0. The zero-order valence-corrected chi connectivity index (χ0v) is 15.1. The summed E-state index contributed by atoms with van der Waals surface area (Å²) in [7, 11) is 0. The van der Waals surface area contributed by atoms with E-state index < -0.39 is 0 Å². The third-order valence-corrected chi connectivity index (χ3v) is 7.89. The van der Waals surface area contributed by atoms with Crippen molar-refractivity contribution in [2.24, 2.45) is 5.84 Å². The summed E-state index contributed by atoms with van der Waals surface area (Å²) in [6.07, 6.45) is 1.01. The fourth-order valence-electron chi connectivity index (χ4n) is 2.61.